The minimum absolute atomic E-state index is 0.0657. The minimum Gasteiger partial charge on any atom is -0.461 e. The average Bonchev–Trinajstić information content (AvgIpc) is 2.72. The number of piperidine rings is 1. The predicted octanol–water partition coefficient (Wildman–Crippen LogP) is 3.39. The maximum absolute atomic E-state index is 12.7. The number of sulfonamides is 1. The molecule has 0 spiro atoms. The van der Waals surface area contributed by atoms with Crippen LogP contribution in [-0.4, -0.2) is 36.7 Å². The molecule has 0 unspecified atom stereocenters. The largest absolute Gasteiger partial charge is 0.461 e. The topological polar surface area (TPSA) is 107 Å². The molecule has 0 atom stereocenters. The lowest BCUT2D eigenvalue weighted by molar-refractivity contribution is -0.384. The smallest absolute Gasteiger partial charge is 0.309 e. The maximum Gasteiger partial charge on any atom is 0.309 e. The summed E-state index contributed by atoms with van der Waals surface area (Å²) in [5.41, 5.74) is 0.453. The normalized spacial score (nSPS) is 15.8. The van der Waals surface area contributed by atoms with Crippen LogP contribution in [0.4, 0.5) is 5.69 Å². The molecule has 1 aliphatic rings. The summed E-state index contributed by atoms with van der Waals surface area (Å²) in [6.07, 6.45) is 0.696. The molecule has 1 aliphatic heterocycles. The first kappa shape index (κ1) is 21.2. The Bertz CT molecular complexity index is 1000. The highest BCUT2D eigenvalue weighted by Gasteiger charge is 2.32. The summed E-state index contributed by atoms with van der Waals surface area (Å²) in [4.78, 5) is 22.8. The van der Waals surface area contributed by atoms with Crippen molar-refractivity contribution in [2.75, 3.05) is 13.1 Å². The van der Waals surface area contributed by atoms with Crippen molar-refractivity contribution in [3.05, 3.63) is 69.2 Å². The van der Waals surface area contributed by atoms with E-state index in [0.717, 1.165) is 0 Å². The Hall–Kier alpha value is -2.49. The predicted molar refractivity (Wildman–Crippen MR) is 106 cm³/mol. The Balaban J connectivity index is 1.55. The molecule has 1 heterocycles. The van der Waals surface area contributed by atoms with Gasteiger partial charge in [0.05, 0.1) is 15.7 Å². The molecule has 154 valence electrons. The molecule has 0 saturated carbocycles. The van der Waals surface area contributed by atoms with Gasteiger partial charge in [-0.1, -0.05) is 23.7 Å². The van der Waals surface area contributed by atoms with Gasteiger partial charge < -0.3 is 4.74 Å². The van der Waals surface area contributed by atoms with Crippen LogP contribution in [0.15, 0.2) is 53.4 Å². The molecule has 2 aromatic carbocycles. The molecule has 0 radical (unpaired) electrons. The molecule has 0 amide bonds. The molecule has 8 nitrogen and oxygen atoms in total. The van der Waals surface area contributed by atoms with Crippen molar-refractivity contribution < 1.29 is 22.9 Å². The maximum atomic E-state index is 12.7. The molecular formula is C19H19ClN2O6S. The fourth-order valence-electron chi connectivity index (χ4n) is 3.12. The quantitative estimate of drug-likeness (QED) is 0.388. The van der Waals surface area contributed by atoms with Gasteiger partial charge in [0.25, 0.3) is 5.69 Å². The monoisotopic (exact) mass is 438 g/mol. The zero-order chi connectivity index (χ0) is 21.0. The fraction of sp³-hybridized carbons (Fsp3) is 0.316. The number of benzene rings is 2. The summed E-state index contributed by atoms with van der Waals surface area (Å²) in [6.45, 7) is 0.354. The van der Waals surface area contributed by atoms with E-state index < -0.39 is 26.8 Å². The lowest BCUT2D eigenvalue weighted by atomic mass is 9.98. The van der Waals surface area contributed by atoms with Crippen LogP contribution in [0, 0.1) is 16.0 Å². The second-order valence-corrected chi connectivity index (χ2v) is 9.04. The van der Waals surface area contributed by atoms with Crippen LogP contribution in [0.1, 0.15) is 18.4 Å². The number of hydrogen-bond donors (Lipinski definition) is 0. The average molecular weight is 439 g/mol. The lowest BCUT2D eigenvalue weighted by Gasteiger charge is -2.30. The Morgan fingerprint density at radius 1 is 1.17 bits per heavy atom. The van der Waals surface area contributed by atoms with E-state index in [2.05, 4.69) is 0 Å². The van der Waals surface area contributed by atoms with Gasteiger partial charge in [-0.3, -0.25) is 14.9 Å². The molecule has 0 aromatic heterocycles. The Morgan fingerprint density at radius 3 is 2.45 bits per heavy atom. The van der Waals surface area contributed by atoms with E-state index in [-0.39, 0.29) is 30.3 Å². The van der Waals surface area contributed by atoms with Crippen molar-refractivity contribution in [3.8, 4) is 0 Å². The Labute approximate surface area is 173 Å². The molecular weight excluding hydrogens is 420 g/mol. The number of nitro benzene ring substituents is 1. The molecule has 3 rings (SSSR count). The molecule has 0 aliphatic carbocycles. The van der Waals surface area contributed by atoms with Crippen molar-refractivity contribution in [2.24, 2.45) is 5.92 Å². The number of ether oxygens (including phenoxy) is 1. The number of hydrogen-bond acceptors (Lipinski definition) is 6. The van der Waals surface area contributed by atoms with Crippen LogP contribution in [0.2, 0.25) is 5.02 Å². The van der Waals surface area contributed by atoms with Gasteiger partial charge in [-0.25, -0.2) is 8.42 Å². The van der Waals surface area contributed by atoms with E-state index >= 15 is 0 Å². The zero-order valence-corrected chi connectivity index (χ0v) is 16.9. The highest BCUT2D eigenvalue weighted by atomic mass is 35.5. The summed E-state index contributed by atoms with van der Waals surface area (Å²) in [7, 11) is -3.64. The van der Waals surface area contributed by atoms with Gasteiger partial charge in [0.15, 0.2) is 0 Å². The molecule has 1 fully saturated rings. The van der Waals surface area contributed by atoms with Crippen molar-refractivity contribution >= 4 is 33.3 Å². The van der Waals surface area contributed by atoms with Gasteiger partial charge in [0.1, 0.15) is 6.61 Å². The van der Waals surface area contributed by atoms with E-state index in [1.165, 1.54) is 46.8 Å². The van der Waals surface area contributed by atoms with E-state index in [1.54, 1.807) is 6.07 Å². The fourth-order valence-corrected chi connectivity index (χ4v) is 4.72. The van der Waals surface area contributed by atoms with Gasteiger partial charge in [0, 0.05) is 30.2 Å². The van der Waals surface area contributed by atoms with E-state index in [9.17, 15) is 23.3 Å². The van der Waals surface area contributed by atoms with E-state index in [4.69, 9.17) is 16.3 Å². The first-order valence-corrected chi connectivity index (χ1v) is 10.7. The van der Waals surface area contributed by atoms with Crippen molar-refractivity contribution in [1.29, 1.82) is 0 Å². The van der Waals surface area contributed by atoms with Crippen molar-refractivity contribution in [1.82, 2.24) is 4.31 Å². The SMILES string of the molecule is O=C(OCc1cccc([N+](=O)[O-])c1)C1CCN(S(=O)(=O)c2ccc(Cl)cc2)CC1. The van der Waals surface area contributed by atoms with Gasteiger partial charge in [-0.15, -0.1) is 0 Å². The summed E-state index contributed by atoms with van der Waals surface area (Å²) in [6, 6.07) is 11.8. The molecule has 0 bridgehead atoms. The number of esters is 1. The summed E-state index contributed by atoms with van der Waals surface area (Å²) >= 11 is 5.81. The highest BCUT2D eigenvalue weighted by molar-refractivity contribution is 7.89. The van der Waals surface area contributed by atoms with Gasteiger partial charge in [-0.05, 0) is 42.7 Å². The van der Waals surface area contributed by atoms with Gasteiger partial charge >= 0.3 is 5.97 Å². The van der Waals surface area contributed by atoms with Gasteiger partial charge in [0.2, 0.25) is 10.0 Å². The summed E-state index contributed by atoms with van der Waals surface area (Å²) < 4.78 is 32.0. The number of halogens is 1. The first-order valence-electron chi connectivity index (χ1n) is 8.93. The van der Waals surface area contributed by atoms with Crippen molar-refractivity contribution in [3.63, 3.8) is 0 Å². The second-order valence-electron chi connectivity index (χ2n) is 6.67. The number of non-ortho nitro benzene ring substituents is 1. The van der Waals surface area contributed by atoms with Crippen LogP contribution in [0.3, 0.4) is 0 Å². The Kier molecular flexibility index (Phi) is 6.51. The number of nitro groups is 1. The van der Waals surface area contributed by atoms with Crippen LogP contribution in [-0.2, 0) is 26.2 Å². The number of carbonyl (C=O) groups is 1. The summed E-state index contributed by atoms with van der Waals surface area (Å²) in [5, 5.41) is 11.3. The minimum atomic E-state index is -3.64. The highest BCUT2D eigenvalue weighted by Crippen LogP contribution is 2.26. The molecule has 1 saturated heterocycles. The standard InChI is InChI=1S/C19H19ClN2O6S/c20-16-4-6-18(7-5-16)29(26,27)21-10-8-15(9-11-21)19(23)28-13-14-2-1-3-17(12-14)22(24)25/h1-7,12,15H,8-11,13H2. The molecule has 0 N–H and O–H groups in total. The van der Waals surface area contributed by atoms with Crippen LogP contribution in [0.5, 0.6) is 0 Å². The zero-order valence-electron chi connectivity index (χ0n) is 15.4. The number of carbonyl (C=O) groups excluding carboxylic acids is 1. The first-order chi connectivity index (χ1) is 13.8. The number of nitrogens with zero attached hydrogens (tertiary/aromatic N) is 2. The van der Waals surface area contributed by atoms with Crippen LogP contribution < -0.4 is 0 Å². The third-order valence-electron chi connectivity index (χ3n) is 4.74. The van der Waals surface area contributed by atoms with Crippen molar-refractivity contribution in [2.45, 2.75) is 24.3 Å². The summed E-state index contributed by atoms with van der Waals surface area (Å²) in [5.74, 6) is -0.842. The van der Waals surface area contributed by atoms with Crippen LogP contribution in [0.25, 0.3) is 0 Å². The third-order valence-corrected chi connectivity index (χ3v) is 6.91. The molecule has 29 heavy (non-hydrogen) atoms. The van der Waals surface area contributed by atoms with Crippen LogP contribution >= 0.6 is 11.6 Å². The number of rotatable bonds is 6. The Morgan fingerprint density at radius 2 is 1.83 bits per heavy atom. The van der Waals surface area contributed by atoms with Gasteiger partial charge in [-0.2, -0.15) is 4.31 Å². The lowest BCUT2D eigenvalue weighted by Crippen LogP contribution is -2.40. The second kappa shape index (κ2) is 8.89. The molecule has 10 heteroatoms. The molecule has 2 aromatic rings. The third kappa shape index (κ3) is 5.11. The van der Waals surface area contributed by atoms with E-state index in [1.807, 2.05) is 0 Å². The van der Waals surface area contributed by atoms with E-state index in [0.29, 0.717) is 23.4 Å².